The van der Waals surface area contributed by atoms with Gasteiger partial charge in [-0.1, -0.05) is 36.4 Å². The fourth-order valence-corrected chi connectivity index (χ4v) is 4.29. The van der Waals surface area contributed by atoms with E-state index in [1.165, 1.54) is 17.0 Å². The molecule has 3 aromatic carbocycles. The van der Waals surface area contributed by atoms with Gasteiger partial charge >= 0.3 is 6.03 Å². The Kier molecular flexibility index (Phi) is 8.39. The first-order chi connectivity index (χ1) is 18.3. The summed E-state index contributed by atoms with van der Waals surface area (Å²) in [6.07, 6.45) is 2.57. The SMILES string of the molecule is CC(C)N(CC(=O)N(CCc1c[nH]c2ccccc12)Cc1ccc(F)cc1)C(=O)Nc1cccc(C#N)c1. The quantitative estimate of drug-likeness (QED) is 0.302. The molecule has 0 atom stereocenters. The van der Waals surface area contributed by atoms with Crippen molar-refractivity contribution in [2.45, 2.75) is 32.9 Å². The van der Waals surface area contributed by atoms with E-state index in [4.69, 9.17) is 5.26 Å². The molecular weight excluding hydrogens is 481 g/mol. The zero-order valence-electron chi connectivity index (χ0n) is 21.4. The summed E-state index contributed by atoms with van der Waals surface area (Å²) in [5.41, 5.74) is 3.83. The number of H-pyrrole nitrogens is 1. The van der Waals surface area contributed by atoms with Gasteiger partial charge in [-0.3, -0.25) is 4.79 Å². The maximum Gasteiger partial charge on any atom is 0.322 e. The van der Waals surface area contributed by atoms with E-state index in [9.17, 15) is 14.0 Å². The topological polar surface area (TPSA) is 92.2 Å². The van der Waals surface area contributed by atoms with E-state index in [-0.39, 0.29) is 24.3 Å². The van der Waals surface area contributed by atoms with E-state index in [1.807, 2.05) is 44.3 Å². The standard InChI is InChI=1S/C30H30FN5O2/c1-21(2)36(30(38)34-26-7-5-6-23(16-26)17-32)20-29(37)35(19-22-10-12-25(31)13-11-22)15-14-24-18-33-28-9-4-3-8-27(24)28/h3-13,16,18,21,33H,14-15,19-20H2,1-2H3,(H,34,38). The minimum atomic E-state index is -0.429. The molecule has 0 saturated heterocycles. The van der Waals surface area contributed by atoms with E-state index in [2.05, 4.69) is 16.4 Å². The predicted octanol–water partition coefficient (Wildman–Crippen LogP) is 5.69. The van der Waals surface area contributed by atoms with Gasteiger partial charge in [0.15, 0.2) is 0 Å². The Bertz CT molecular complexity index is 1460. The molecule has 0 fully saturated rings. The number of nitriles is 1. The Morgan fingerprint density at radius 2 is 1.82 bits per heavy atom. The van der Waals surface area contributed by atoms with Crippen LogP contribution in [0.15, 0.2) is 79.0 Å². The number of hydrogen-bond donors (Lipinski definition) is 2. The van der Waals surface area contributed by atoms with Crippen LogP contribution in [0.5, 0.6) is 0 Å². The number of carbonyl (C=O) groups is 2. The number of benzene rings is 3. The van der Waals surface area contributed by atoms with Gasteiger partial charge < -0.3 is 20.1 Å². The van der Waals surface area contributed by atoms with Crippen LogP contribution >= 0.6 is 0 Å². The Morgan fingerprint density at radius 3 is 2.55 bits per heavy atom. The largest absolute Gasteiger partial charge is 0.361 e. The van der Waals surface area contributed by atoms with Crippen LogP contribution in [0.1, 0.15) is 30.5 Å². The van der Waals surface area contributed by atoms with Gasteiger partial charge in [0.05, 0.1) is 11.6 Å². The number of aromatic nitrogens is 1. The molecule has 0 spiro atoms. The number of amides is 3. The molecule has 4 rings (SSSR count). The molecule has 2 N–H and O–H groups in total. The zero-order valence-corrected chi connectivity index (χ0v) is 21.4. The summed E-state index contributed by atoms with van der Waals surface area (Å²) < 4.78 is 13.5. The molecule has 0 radical (unpaired) electrons. The first-order valence-corrected chi connectivity index (χ1v) is 12.5. The Labute approximate surface area is 221 Å². The van der Waals surface area contributed by atoms with Crippen molar-refractivity contribution in [2.24, 2.45) is 0 Å². The number of nitrogens with one attached hydrogen (secondary N) is 2. The molecular formula is C30H30FN5O2. The van der Waals surface area contributed by atoms with Crippen molar-refractivity contribution < 1.29 is 14.0 Å². The van der Waals surface area contributed by atoms with Crippen LogP contribution in [-0.2, 0) is 17.8 Å². The molecule has 0 aliphatic carbocycles. The lowest BCUT2D eigenvalue weighted by molar-refractivity contribution is -0.132. The lowest BCUT2D eigenvalue weighted by Crippen LogP contribution is -2.47. The third-order valence-electron chi connectivity index (χ3n) is 6.40. The summed E-state index contributed by atoms with van der Waals surface area (Å²) in [6, 6.07) is 22.1. The summed E-state index contributed by atoms with van der Waals surface area (Å²) in [5.74, 6) is -0.558. The van der Waals surface area contributed by atoms with Crippen LogP contribution in [0.3, 0.4) is 0 Å². The normalized spacial score (nSPS) is 10.8. The van der Waals surface area contributed by atoms with E-state index in [0.717, 1.165) is 22.0 Å². The highest BCUT2D eigenvalue weighted by Gasteiger charge is 2.24. The van der Waals surface area contributed by atoms with Crippen molar-refractivity contribution >= 4 is 28.5 Å². The number of fused-ring (bicyclic) bond motifs is 1. The van der Waals surface area contributed by atoms with E-state index < -0.39 is 6.03 Å². The van der Waals surface area contributed by atoms with Crippen LogP contribution in [0.4, 0.5) is 14.9 Å². The van der Waals surface area contributed by atoms with Gasteiger partial charge in [0.1, 0.15) is 12.4 Å². The average Bonchev–Trinajstić information content (AvgIpc) is 3.33. The summed E-state index contributed by atoms with van der Waals surface area (Å²) in [4.78, 5) is 33.1. The Balaban J connectivity index is 1.51. The van der Waals surface area contributed by atoms with Crippen LogP contribution in [0.2, 0.25) is 0 Å². The lowest BCUT2D eigenvalue weighted by atomic mass is 10.1. The van der Waals surface area contributed by atoms with Crippen LogP contribution < -0.4 is 5.32 Å². The first kappa shape index (κ1) is 26.4. The fourth-order valence-electron chi connectivity index (χ4n) is 4.29. The highest BCUT2D eigenvalue weighted by molar-refractivity contribution is 5.92. The highest BCUT2D eigenvalue weighted by Crippen LogP contribution is 2.19. The van der Waals surface area contributed by atoms with Crippen molar-refractivity contribution in [3.63, 3.8) is 0 Å². The molecule has 194 valence electrons. The molecule has 8 heteroatoms. The van der Waals surface area contributed by atoms with Crippen molar-refractivity contribution in [1.29, 1.82) is 5.26 Å². The van der Waals surface area contributed by atoms with Gasteiger partial charge in [-0.25, -0.2) is 9.18 Å². The number of hydrogen-bond acceptors (Lipinski definition) is 3. The summed E-state index contributed by atoms with van der Waals surface area (Å²) >= 11 is 0. The zero-order chi connectivity index (χ0) is 27.1. The summed E-state index contributed by atoms with van der Waals surface area (Å²) in [7, 11) is 0. The van der Waals surface area contributed by atoms with Gasteiger partial charge in [-0.15, -0.1) is 0 Å². The molecule has 0 aliphatic rings. The van der Waals surface area contributed by atoms with Crippen molar-refractivity contribution in [3.05, 3.63) is 102 Å². The third kappa shape index (κ3) is 6.56. The molecule has 4 aromatic rings. The number of halogens is 1. The summed E-state index contributed by atoms with van der Waals surface area (Å²) in [5, 5.41) is 13.0. The van der Waals surface area contributed by atoms with E-state index >= 15 is 0 Å². The highest BCUT2D eigenvalue weighted by atomic mass is 19.1. The van der Waals surface area contributed by atoms with Gasteiger partial charge in [0.25, 0.3) is 0 Å². The molecule has 0 bridgehead atoms. The minimum absolute atomic E-state index is 0.128. The maximum atomic E-state index is 13.6. The smallest absolute Gasteiger partial charge is 0.322 e. The maximum absolute atomic E-state index is 13.6. The number of aromatic amines is 1. The van der Waals surface area contributed by atoms with Gasteiger partial charge in [-0.2, -0.15) is 5.26 Å². The number of para-hydroxylation sites is 1. The molecule has 1 aromatic heterocycles. The van der Waals surface area contributed by atoms with Gasteiger partial charge in [-0.05, 0) is 67.8 Å². The molecule has 7 nitrogen and oxygen atoms in total. The van der Waals surface area contributed by atoms with Crippen LogP contribution in [-0.4, -0.2) is 45.9 Å². The van der Waals surface area contributed by atoms with Gasteiger partial charge in [0.2, 0.25) is 5.91 Å². The molecule has 0 aliphatic heterocycles. The third-order valence-corrected chi connectivity index (χ3v) is 6.40. The number of carbonyl (C=O) groups excluding carboxylic acids is 2. The second-order valence-corrected chi connectivity index (χ2v) is 9.40. The van der Waals surface area contributed by atoms with Crippen molar-refractivity contribution in [2.75, 3.05) is 18.4 Å². The number of anilines is 1. The van der Waals surface area contributed by atoms with E-state index in [0.29, 0.717) is 30.8 Å². The lowest BCUT2D eigenvalue weighted by Gasteiger charge is -2.30. The molecule has 38 heavy (non-hydrogen) atoms. The Hall–Kier alpha value is -4.64. The van der Waals surface area contributed by atoms with Crippen molar-refractivity contribution in [3.8, 4) is 6.07 Å². The second-order valence-electron chi connectivity index (χ2n) is 9.40. The number of nitrogens with zero attached hydrogens (tertiary/aromatic N) is 3. The predicted molar refractivity (Wildman–Crippen MR) is 146 cm³/mol. The van der Waals surface area contributed by atoms with Crippen molar-refractivity contribution in [1.82, 2.24) is 14.8 Å². The minimum Gasteiger partial charge on any atom is -0.361 e. The molecule has 0 unspecified atom stereocenters. The fraction of sp³-hybridized carbons (Fsp3) is 0.233. The van der Waals surface area contributed by atoms with E-state index in [1.54, 1.807) is 41.3 Å². The molecule has 0 saturated carbocycles. The van der Waals surface area contributed by atoms with Gasteiger partial charge in [0, 0.05) is 41.9 Å². The average molecular weight is 512 g/mol. The Morgan fingerprint density at radius 1 is 1.05 bits per heavy atom. The second kappa shape index (κ2) is 12.1. The van der Waals surface area contributed by atoms with Crippen LogP contribution in [0, 0.1) is 17.1 Å². The number of rotatable bonds is 9. The first-order valence-electron chi connectivity index (χ1n) is 12.5. The number of urea groups is 1. The van der Waals surface area contributed by atoms with Crippen LogP contribution in [0.25, 0.3) is 10.9 Å². The molecule has 3 amide bonds. The summed E-state index contributed by atoms with van der Waals surface area (Å²) in [6.45, 7) is 4.27. The monoisotopic (exact) mass is 511 g/mol. The molecule has 1 heterocycles.